The quantitative estimate of drug-likeness (QED) is 0.289. The van der Waals surface area contributed by atoms with E-state index in [0.29, 0.717) is 30.7 Å². The van der Waals surface area contributed by atoms with Crippen molar-refractivity contribution < 1.29 is 22.7 Å². The van der Waals surface area contributed by atoms with Crippen molar-refractivity contribution in [1.82, 2.24) is 9.38 Å². The molecule has 0 fully saturated rings. The van der Waals surface area contributed by atoms with Gasteiger partial charge in [-0.25, -0.2) is 4.98 Å². The summed E-state index contributed by atoms with van der Waals surface area (Å²) in [4.78, 5) is 17.6. The fourth-order valence-corrected chi connectivity index (χ4v) is 3.71. The topological polar surface area (TPSA) is 43.6 Å². The summed E-state index contributed by atoms with van der Waals surface area (Å²) in [5.74, 6) is 0.560. The molecule has 170 valence electrons. The highest BCUT2D eigenvalue weighted by molar-refractivity contribution is 5.96. The Kier molecular flexibility index (Phi) is 6.22. The van der Waals surface area contributed by atoms with E-state index in [0.717, 1.165) is 34.6 Å². The van der Waals surface area contributed by atoms with Crippen LogP contribution < -0.4 is 4.74 Å². The number of halogens is 3. The molecular weight excluding hydrogens is 429 g/mol. The van der Waals surface area contributed by atoms with Gasteiger partial charge >= 0.3 is 6.18 Å². The number of nitrogens with zero attached hydrogens (tertiary/aromatic N) is 2. The van der Waals surface area contributed by atoms with Gasteiger partial charge in [-0.3, -0.25) is 9.20 Å². The fraction of sp³-hybridized carbons (Fsp3) is 0.231. The lowest BCUT2D eigenvalue weighted by molar-refractivity contribution is -0.137. The second-order valence-corrected chi connectivity index (χ2v) is 7.89. The van der Waals surface area contributed by atoms with E-state index in [2.05, 4.69) is 4.98 Å². The molecule has 0 saturated heterocycles. The van der Waals surface area contributed by atoms with Crippen LogP contribution in [0, 0.1) is 6.92 Å². The Morgan fingerprint density at radius 3 is 2.48 bits per heavy atom. The van der Waals surface area contributed by atoms with Gasteiger partial charge in [0.1, 0.15) is 22.8 Å². The maximum atomic E-state index is 13.0. The minimum Gasteiger partial charge on any atom is -0.457 e. The van der Waals surface area contributed by atoms with Crippen molar-refractivity contribution in [1.29, 1.82) is 0 Å². The Morgan fingerprint density at radius 1 is 1.03 bits per heavy atom. The number of carbonyl (C=O) groups excluding carboxylic acids is 1. The van der Waals surface area contributed by atoms with Gasteiger partial charge in [-0.2, -0.15) is 13.2 Å². The second kappa shape index (κ2) is 9.10. The van der Waals surface area contributed by atoms with Crippen molar-refractivity contribution >= 4 is 11.4 Å². The van der Waals surface area contributed by atoms with E-state index in [-0.39, 0.29) is 11.5 Å². The third-order valence-electron chi connectivity index (χ3n) is 5.41. The van der Waals surface area contributed by atoms with Crippen molar-refractivity contribution in [2.45, 2.75) is 39.3 Å². The van der Waals surface area contributed by atoms with Crippen LogP contribution in [0.25, 0.3) is 5.65 Å². The van der Waals surface area contributed by atoms with Crippen molar-refractivity contribution in [3.8, 4) is 11.5 Å². The molecule has 7 heteroatoms. The number of benzene rings is 2. The van der Waals surface area contributed by atoms with Crippen LogP contribution in [0.1, 0.15) is 46.2 Å². The summed E-state index contributed by atoms with van der Waals surface area (Å²) < 4.78 is 46.0. The first-order valence-electron chi connectivity index (χ1n) is 10.7. The third kappa shape index (κ3) is 5.08. The highest BCUT2D eigenvalue weighted by Crippen LogP contribution is 2.32. The van der Waals surface area contributed by atoms with Crippen molar-refractivity contribution in [3.63, 3.8) is 0 Å². The summed E-state index contributed by atoms with van der Waals surface area (Å²) >= 11 is 0. The number of hydrogen-bond donors (Lipinski definition) is 0. The van der Waals surface area contributed by atoms with Crippen molar-refractivity contribution in [2.75, 3.05) is 0 Å². The number of ether oxygens (including phenoxy) is 1. The Hall–Kier alpha value is -3.61. The van der Waals surface area contributed by atoms with Crippen molar-refractivity contribution in [3.05, 3.63) is 94.9 Å². The summed E-state index contributed by atoms with van der Waals surface area (Å²) in [6.45, 7) is 3.97. The number of aromatic nitrogens is 2. The maximum absolute atomic E-state index is 13.0. The van der Waals surface area contributed by atoms with Gasteiger partial charge in [-0.1, -0.05) is 25.1 Å². The number of pyridine rings is 1. The molecule has 2 heterocycles. The maximum Gasteiger partial charge on any atom is 0.416 e. The molecule has 4 nitrogen and oxygen atoms in total. The van der Waals surface area contributed by atoms with Gasteiger partial charge in [0.05, 0.1) is 11.3 Å². The molecule has 0 atom stereocenters. The molecule has 0 saturated carbocycles. The molecule has 0 bridgehead atoms. The van der Waals surface area contributed by atoms with Crippen LogP contribution in [-0.2, 0) is 19.0 Å². The molecule has 0 unspecified atom stereocenters. The molecule has 0 aliphatic carbocycles. The summed E-state index contributed by atoms with van der Waals surface area (Å²) in [6.07, 6.45) is -1.02. The SMILES string of the molecule is CCc1nc2cc(C)ccn2c1C(=O)CCc1ccc(Oc2cccc(C(F)(F)F)c2)cc1. The number of rotatable bonds is 7. The van der Waals surface area contributed by atoms with Gasteiger partial charge in [0.15, 0.2) is 5.78 Å². The zero-order valence-electron chi connectivity index (χ0n) is 18.3. The fourth-order valence-electron chi connectivity index (χ4n) is 3.71. The Labute approximate surface area is 189 Å². The predicted octanol–water partition coefficient (Wildman–Crippen LogP) is 6.83. The largest absolute Gasteiger partial charge is 0.457 e. The van der Waals surface area contributed by atoms with E-state index in [1.165, 1.54) is 12.1 Å². The summed E-state index contributed by atoms with van der Waals surface area (Å²) in [6, 6.07) is 15.7. The van der Waals surface area contributed by atoms with Crippen LogP contribution in [0.4, 0.5) is 13.2 Å². The first kappa shape index (κ1) is 22.6. The van der Waals surface area contributed by atoms with E-state index < -0.39 is 11.7 Å². The van der Waals surface area contributed by atoms with E-state index >= 15 is 0 Å². The van der Waals surface area contributed by atoms with E-state index in [9.17, 15) is 18.0 Å². The molecule has 2 aromatic heterocycles. The highest BCUT2D eigenvalue weighted by Gasteiger charge is 2.30. The van der Waals surface area contributed by atoms with Crippen molar-refractivity contribution in [2.24, 2.45) is 0 Å². The van der Waals surface area contributed by atoms with Gasteiger partial charge in [0, 0.05) is 12.6 Å². The average Bonchev–Trinajstić information content (AvgIpc) is 3.16. The van der Waals surface area contributed by atoms with Crippen LogP contribution >= 0.6 is 0 Å². The smallest absolute Gasteiger partial charge is 0.416 e. The summed E-state index contributed by atoms with van der Waals surface area (Å²) in [7, 11) is 0. The normalized spacial score (nSPS) is 11.7. The highest BCUT2D eigenvalue weighted by atomic mass is 19.4. The number of ketones is 1. The van der Waals surface area contributed by atoms with E-state index in [1.54, 1.807) is 12.1 Å². The van der Waals surface area contributed by atoms with Gasteiger partial charge in [-0.05, 0) is 73.4 Å². The number of hydrogen-bond acceptors (Lipinski definition) is 3. The summed E-state index contributed by atoms with van der Waals surface area (Å²) in [5, 5.41) is 0. The number of imidazole rings is 1. The van der Waals surface area contributed by atoms with Gasteiger partial charge < -0.3 is 4.74 Å². The zero-order chi connectivity index (χ0) is 23.6. The van der Waals surface area contributed by atoms with Crippen LogP contribution in [-0.4, -0.2) is 15.2 Å². The molecule has 0 N–H and O–H groups in total. The molecule has 0 radical (unpaired) electrons. The predicted molar refractivity (Wildman–Crippen MR) is 120 cm³/mol. The number of fused-ring (bicyclic) bond motifs is 1. The van der Waals surface area contributed by atoms with E-state index in [1.807, 2.05) is 48.7 Å². The minimum atomic E-state index is -4.42. The second-order valence-electron chi connectivity index (χ2n) is 7.89. The van der Waals surface area contributed by atoms with Crippen LogP contribution in [0.15, 0.2) is 66.9 Å². The lowest BCUT2D eigenvalue weighted by Gasteiger charge is -2.10. The van der Waals surface area contributed by atoms with Crippen LogP contribution in [0.5, 0.6) is 11.5 Å². The molecular formula is C26H23F3N2O2. The molecule has 0 aliphatic heterocycles. The lowest BCUT2D eigenvalue weighted by atomic mass is 10.0. The molecule has 0 amide bonds. The molecule has 33 heavy (non-hydrogen) atoms. The average molecular weight is 452 g/mol. The Morgan fingerprint density at radius 2 is 1.79 bits per heavy atom. The molecule has 4 aromatic rings. The Balaban J connectivity index is 1.43. The first-order chi connectivity index (χ1) is 15.7. The van der Waals surface area contributed by atoms with Gasteiger partial charge in [0.2, 0.25) is 0 Å². The number of Topliss-reactive ketones (excluding diaryl/α,β-unsaturated/α-hetero) is 1. The lowest BCUT2D eigenvalue weighted by Crippen LogP contribution is -2.08. The number of aryl methyl sites for hydroxylation is 3. The standard InChI is InChI=1S/C26H23F3N2O2/c1-3-22-25(31-14-13-17(2)15-24(31)30-22)23(32)12-9-18-7-10-20(11-8-18)33-21-6-4-5-19(16-21)26(27,28)29/h4-8,10-11,13-16H,3,9,12H2,1-2H3. The van der Waals surface area contributed by atoms with E-state index in [4.69, 9.17) is 4.74 Å². The van der Waals surface area contributed by atoms with Gasteiger partial charge in [-0.15, -0.1) is 0 Å². The number of alkyl halides is 3. The van der Waals surface area contributed by atoms with Crippen LogP contribution in [0.2, 0.25) is 0 Å². The van der Waals surface area contributed by atoms with Gasteiger partial charge in [0.25, 0.3) is 0 Å². The third-order valence-corrected chi connectivity index (χ3v) is 5.41. The Bertz CT molecular complexity index is 1290. The van der Waals surface area contributed by atoms with Crippen LogP contribution in [0.3, 0.4) is 0 Å². The first-order valence-corrected chi connectivity index (χ1v) is 10.7. The number of carbonyl (C=O) groups is 1. The molecule has 0 aliphatic rings. The molecule has 2 aromatic carbocycles. The minimum absolute atomic E-state index is 0.0208. The zero-order valence-corrected chi connectivity index (χ0v) is 18.3. The monoisotopic (exact) mass is 452 g/mol. The summed E-state index contributed by atoms with van der Waals surface area (Å²) in [5.41, 5.74) is 3.44. The molecule has 4 rings (SSSR count). The molecule has 0 spiro atoms.